The number of hydrogen-bond acceptors (Lipinski definition) is 7. The molecule has 1 unspecified atom stereocenters. The first kappa shape index (κ1) is 37.9. The highest BCUT2D eigenvalue weighted by molar-refractivity contribution is 6.03. The van der Waals surface area contributed by atoms with Crippen LogP contribution in [0, 0.1) is 17.3 Å². The zero-order valence-corrected chi connectivity index (χ0v) is 27.7. The normalized spacial score (nSPS) is 15.3. The van der Waals surface area contributed by atoms with Gasteiger partial charge in [0.15, 0.2) is 0 Å². The van der Waals surface area contributed by atoms with E-state index >= 15 is 0 Å². The fraction of sp³-hybridized carbons (Fsp3) is 0.606. The SMILES string of the molecule is CC(C)CNC(=O)CNC(=O)[C@@H](Cc1ccccc1)NC(=O)CNC(=O)CNC(=O)CCCCCN1C(=O)CC(C(C)(C)C)C1=O. The third-order valence-electron chi connectivity index (χ3n) is 7.53. The number of hydrogen-bond donors (Lipinski definition) is 5. The van der Waals surface area contributed by atoms with Crippen molar-refractivity contribution in [3.8, 4) is 0 Å². The summed E-state index contributed by atoms with van der Waals surface area (Å²) >= 11 is 0. The van der Waals surface area contributed by atoms with Crippen LogP contribution in [0.5, 0.6) is 0 Å². The van der Waals surface area contributed by atoms with Crippen LogP contribution >= 0.6 is 0 Å². The van der Waals surface area contributed by atoms with Gasteiger partial charge in [0, 0.05) is 32.4 Å². The molecule has 1 heterocycles. The van der Waals surface area contributed by atoms with Crippen LogP contribution in [0.2, 0.25) is 0 Å². The maximum Gasteiger partial charge on any atom is 0.243 e. The van der Waals surface area contributed by atoms with Crippen LogP contribution in [0.4, 0.5) is 0 Å². The molecule has 1 aliphatic heterocycles. The summed E-state index contributed by atoms with van der Waals surface area (Å²) in [6.07, 6.45) is 2.34. The lowest BCUT2D eigenvalue weighted by Gasteiger charge is -2.24. The lowest BCUT2D eigenvalue weighted by molar-refractivity contribution is -0.140. The van der Waals surface area contributed by atoms with Gasteiger partial charge in [-0.05, 0) is 29.7 Å². The molecule has 0 radical (unpaired) electrons. The molecule has 2 atom stereocenters. The maximum atomic E-state index is 12.8. The molecule has 13 heteroatoms. The Hall–Kier alpha value is -4.29. The topological polar surface area (TPSA) is 183 Å². The molecule has 13 nitrogen and oxygen atoms in total. The van der Waals surface area contributed by atoms with Gasteiger partial charge in [-0.3, -0.25) is 38.5 Å². The number of carbonyl (C=O) groups is 7. The molecule has 0 saturated carbocycles. The zero-order valence-electron chi connectivity index (χ0n) is 27.7. The number of nitrogens with one attached hydrogen (secondary N) is 5. The average Bonchev–Trinajstić information content (AvgIpc) is 3.29. The predicted molar refractivity (Wildman–Crippen MR) is 172 cm³/mol. The number of amides is 7. The summed E-state index contributed by atoms with van der Waals surface area (Å²) in [5.74, 6) is -2.74. The number of likely N-dealkylation sites (tertiary alicyclic amines) is 1. The van der Waals surface area contributed by atoms with E-state index in [1.54, 1.807) is 12.1 Å². The van der Waals surface area contributed by atoms with Gasteiger partial charge in [-0.1, -0.05) is 71.4 Å². The first-order valence-electron chi connectivity index (χ1n) is 15.9. The smallest absolute Gasteiger partial charge is 0.243 e. The van der Waals surface area contributed by atoms with E-state index in [0.717, 1.165) is 5.56 Å². The molecule has 5 N–H and O–H groups in total. The van der Waals surface area contributed by atoms with Gasteiger partial charge < -0.3 is 26.6 Å². The van der Waals surface area contributed by atoms with E-state index < -0.39 is 30.3 Å². The van der Waals surface area contributed by atoms with Gasteiger partial charge in [0.05, 0.1) is 25.6 Å². The molecule has 1 aromatic carbocycles. The average molecular weight is 643 g/mol. The fourth-order valence-corrected chi connectivity index (χ4v) is 4.81. The summed E-state index contributed by atoms with van der Waals surface area (Å²) in [6, 6.07) is 8.08. The Bertz CT molecular complexity index is 1230. The molecule has 0 bridgehead atoms. The summed E-state index contributed by atoms with van der Waals surface area (Å²) in [4.78, 5) is 88.0. The van der Waals surface area contributed by atoms with E-state index in [-0.39, 0.29) is 73.2 Å². The van der Waals surface area contributed by atoms with E-state index in [1.807, 2.05) is 52.8 Å². The fourth-order valence-electron chi connectivity index (χ4n) is 4.81. The number of benzene rings is 1. The van der Waals surface area contributed by atoms with Crippen LogP contribution in [0.3, 0.4) is 0 Å². The molecule has 0 aromatic heterocycles. The predicted octanol–water partition coefficient (Wildman–Crippen LogP) is 0.816. The molecule has 0 aliphatic carbocycles. The van der Waals surface area contributed by atoms with E-state index in [0.29, 0.717) is 32.4 Å². The molecule has 2 rings (SSSR count). The van der Waals surface area contributed by atoms with E-state index in [4.69, 9.17) is 0 Å². The van der Waals surface area contributed by atoms with Crippen molar-refractivity contribution >= 4 is 41.4 Å². The number of unbranched alkanes of at least 4 members (excludes halogenated alkanes) is 2. The second kappa shape index (κ2) is 18.6. The Morgan fingerprint density at radius 2 is 1.41 bits per heavy atom. The van der Waals surface area contributed by atoms with Crippen LogP contribution < -0.4 is 26.6 Å². The third kappa shape index (κ3) is 13.8. The van der Waals surface area contributed by atoms with Crippen molar-refractivity contribution in [3.05, 3.63) is 35.9 Å². The Balaban J connectivity index is 1.69. The minimum atomic E-state index is -0.981. The van der Waals surface area contributed by atoms with Gasteiger partial charge in [0.25, 0.3) is 0 Å². The third-order valence-corrected chi connectivity index (χ3v) is 7.53. The van der Waals surface area contributed by atoms with Crippen molar-refractivity contribution in [2.75, 3.05) is 32.7 Å². The zero-order chi connectivity index (χ0) is 34.3. The second-order valence-corrected chi connectivity index (χ2v) is 13.1. The lowest BCUT2D eigenvalue weighted by atomic mass is 9.80. The Morgan fingerprint density at radius 1 is 0.804 bits per heavy atom. The summed E-state index contributed by atoms with van der Waals surface area (Å²) in [5, 5.41) is 12.8. The molecule has 1 fully saturated rings. The van der Waals surface area contributed by atoms with Gasteiger partial charge in [0.2, 0.25) is 41.4 Å². The Labute approximate surface area is 271 Å². The van der Waals surface area contributed by atoms with Gasteiger partial charge in [0.1, 0.15) is 6.04 Å². The monoisotopic (exact) mass is 642 g/mol. The highest BCUT2D eigenvalue weighted by Crippen LogP contribution is 2.35. The van der Waals surface area contributed by atoms with Gasteiger partial charge >= 0.3 is 0 Å². The summed E-state index contributed by atoms with van der Waals surface area (Å²) < 4.78 is 0. The molecule has 46 heavy (non-hydrogen) atoms. The highest BCUT2D eigenvalue weighted by Gasteiger charge is 2.44. The van der Waals surface area contributed by atoms with Crippen molar-refractivity contribution in [1.82, 2.24) is 31.5 Å². The summed E-state index contributed by atoms with van der Waals surface area (Å²) in [7, 11) is 0. The van der Waals surface area contributed by atoms with Crippen molar-refractivity contribution in [2.45, 2.75) is 79.2 Å². The highest BCUT2D eigenvalue weighted by atomic mass is 16.2. The first-order valence-corrected chi connectivity index (χ1v) is 15.9. The Morgan fingerprint density at radius 3 is 2.04 bits per heavy atom. The van der Waals surface area contributed by atoms with E-state index in [2.05, 4.69) is 26.6 Å². The van der Waals surface area contributed by atoms with Crippen LogP contribution in [0.1, 0.15) is 72.3 Å². The van der Waals surface area contributed by atoms with Gasteiger partial charge in [-0.25, -0.2) is 0 Å². The molecule has 1 aliphatic rings. The number of carbonyl (C=O) groups excluding carboxylic acids is 7. The summed E-state index contributed by atoms with van der Waals surface area (Å²) in [5.41, 5.74) is 0.524. The van der Waals surface area contributed by atoms with Gasteiger partial charge in [-0.2, -0.15) is 0 Å². The molecular formula is C33H50N6O7. The summed E-state index contributed by atoms with van der Waals surface area (Å²) in [6.45, 7) is 9.58. The van der Waals surface area contributed by atoms with Crippen LogP contribution in [0.25, 0.3) is 0 Å². The van der Waals surface area contributed by atoms with Crippen molar-refractivity contribution in [3.63, 3.8) is 0 Å². The van der Waals surface area contributed by atoms with Crippen LogP contribution in [-0.4, -0.2) is 85.0 Å². The van der Waals surface area contributed by atoms with E-state index in [9.17, 15) is 33.6 Å². The quantitative estimate of drug-likeness (QED) is 0.116. The number of nitrogens with zero attached hydrogens (tertiary/aromatic N) is 1. The molecule has 1 saturated heterocycles. The molecular weight excluding hydrogens is 592 g/mol. The van der Waals surface area contributed by atoms with Crippen LogP contribution in [-0.2, 0) is 40.0 Å². The molecule has 1 aromatic rings. The largest absolute Gasteiger partial charge is 0.354 e. The van der Waals surface area contributed by atoms with Crippen LogP contribution in [0.15, 0.2) is 30.3 Å². The molecule has 254 valence electrons. The second-order valence-electron chi connectivity index (χ2n) is 13.1. The first-order chi connectivity index (χ1) is 21.7. The number of imide groups is 1. The van der Waals surface area contributed by atoms with Crippen molar-refractivity contribution < 1.29 is 33.6 Å². The minimum absolute atomic E-state index is 0.133. The lowest BCUT2D eigenvalue weighted by Crippen LogP contribution is -2.52. The molecule has 0 spiro atoms. The van der Waals surface area contributed by atoms with E-state index in [1.165, 1.54) is 4.90 Å². The van der Waals surface area contributed by atoms with Gasteiger partial charge in [-0.15, -0.1) is 0 Å². The maximum absolute atomic E-state index is 12.8. The standard InChI is InChI=1S/C33H50N6O7/c1-22(2)18-34-28(42)20-37-31(45)25(16-23-12-8-6-9-13-23)38-29(43)21-36-27(41)19-35-26(40)14-10-7-11-15-39-30(44)17-24(32(39)46)33(3,4)5/h6,8-9,12-13,22,24-25H,7,10-11,14-21H2,1-5H3,(H,34,42)(H,35,40)(H,36,41)(H,37,45)(H,38,43)/t24?,25-/m1/s1. The molecule has 7 amide bonds. The van der Waals surface area contributed by atoms with Crippen molar-refractivity contribution in [1.29, 1.82) is 0 Å². The minimum Gasteiger partial charge on any atom is -0.354 e. The van der Waals surface area contributed by atoms with Crippen molar-refractivity contribution in [2.24, 2.45) is 17.3 Å². The number of rotatable bonds is 18. The Kier molecular flexibility index (Phi) is 15.3.